The molecule has 0 aromatic rings. The van der Waals surface area contributed by atoms with Crippen LogP contribution in [0.4, 0.5) is 0 Å². The van der Waals surface area contributed by atoms with E-state index in [1.165, 1.54) is 0 Å². The van der Waals surface area contributed by atoms with Gasteiger partial charge in [-0.2, -0.15) is 0 Å². The van der Waals surface area contributed by atoms with E-state index in [0.717, 1.165) is 6.42 Å². The molecule has 1 atom stereocenters. The summed E-state index contributed by atoms with van der Waals surface area (Å²) < 4.78 is 0. The molecular weight excluding hydrogens is 204 g/mol. The molecule has 3 N–H and O–H groups in total. The molecule has 0 aliphatic carbocycles. The monoisotopic (exact) mass is 230 g/mol. The summed E-state index contributed by atoms with van der Waals surface area (Å²) in [5.74, 6) is 1.17. The first kappa shape index (κ1) is 15.4. The highest BCUT2D eigenvalue weighted by molar-refractivity contribution is 5.75. The maximum atomic E-state index is 11.5. The van der Waals surface area contributed by atoms with Gasteiger partial charge in [-0.15, -0.1) is 0 Å². The molecule has 0 spiro atoms. The molecule has 1 unspecified atom stereocenters. The van der Waals surface area contributed by atoms with Crippen molar-refractivity contribution < 1.29 is 9.63 Å². The van der Waals surface area contributed by atoms with E-state index in [1.807, 2.05) is 13.8 Å². The number of hydroxylamine groups is 1. The van der Waals surface area contributed by atoms with Gasteiger partial charge in [-0.3, -0.25) is 9.63 Å². The zero-order valence-corrected chi connectivity index (χ0v) is 11.0. The highest BCUT2D eigenvalue weighted by Crippen LogP contribution is 2.13. The standard InChI is InChI=1S/C12H26N2O2/c1-9(2)5-11(7-13)6-12(15)14-16-8-10(3)4/h9-11H,5-8,13H2,1-4H3,(H,14,15). The minimum absolute atomic E-state index is 0.0725. The van der Waals surface area contributed by atoms with E-state index >= 15 is 0 Å². The number of amides is 1. The van der Waals surface area contributed by atoms with Crippen LogP contribution in [0.15, 0.2) is 0 Å². The number of nitrogens with two attached hydrogens (primary N) is 1. The summed E-state index contributed by atoms with van der Waals surface area (Å²) in [5.41, 5.74) is 8.08. The predicted molar refractivity (Wildman–Crippen MR) is 65.5 cm³/mol. The third kappa shape index (κ3) is 8.68. The summed E-state index contributed by atoms with van der Waals surface area (Å²) in [6.07, 6.45) is 1.43. The van der Waals surface area contributed by atoms with Crippen molar-refractivity contribution in [3.05, 3.63) is 0 Å². The first-order valence-electron chi connectivity index (χ1n) is 6.06. The van der Waals surface area contributed by atoms with E-state index in [9.17, 15) is 4.79 Å². The summed E-state index contributed by atoms with van der Waals surface area (Å²) in [6.45, 7) is 9.44. The smallest absolute Gasteiger partial charge is 0.243 e. The Morgan fingerprint density at radius 1 is 1.25 bits per heavy atom. The molecule has 0 radical (unpaired) electrons. The highest BCUT2D eigenvalue weighted by atomic mass is 16.6. The number of carbonyl (C=O) groups is 1. The van der Waals surface area contributed by atoms with Crippen LogP contribution in [-0.2, 0) is 9.63 Å². The Labute approximate surface area is 98.9 Å². The van der Waals surface area contributed by atoms with Crippen molar-refractivity contribution in [3.63, 3.8) is 0 Å². The van der Waals surface area contributed by atoms with Crippen LogP contribution in [0, 0.1) is 17.8 Å². The quantitative estimate of drug-likeness (QED) is 0.624. The van der Waals surface area contributed by atoms with Crippen molar-refractivity contribution in [3.8, 4) is 0 Å². The fourth-order valence-corrected chi connectivity index (χ4v) is 1.52. The minimum Gasteiger partial charge on any atom is -0.330 e. The lowest BCUT2D eigenvalue weighted by molar-refractivity contribution is -0.135. The Kier molecular flexibility index (Phi) is 8.21. The van der Waals surface area contributed by atoms with Gasteiger partial charge in [0.25, 0.3) is 0 Å². The molecule has 0 saturated carbocycles. The van der Waals surface area contributed by atoms with Gasteiger partial charge in [-0.05, 0) is 30.7 Å². The summed E-state index contributed by atoms with van der Waals surface area (Å²) in [7, 11) is 0. The third-order valence-corrected chi connectivity index (χ3v) is 2.21. The van der Waals surface area contributed by atoms with Gasteiger partial charge in [0, 0.05) is 6.42 Å². The van der Waals surface area contributed by atoms with E-state index < -0.39 is 0 Å². The number of hydrogen-bond donors (Lipinski definition) is 2. The van der Waals surface area contributed by atoms with Crippen molar-refractivity contribution in [1.29, 1.82) is 0 Å². The molecule has 0 rings (SSSR count). The molecule has 0 bridgehead atoms. The van der Waals surface area contributed by atoms with Crippen molar-refractivity contribution in [2.75, 3.05) is 13.2 Å². The molecule has 4 nitrogen and oxygen atoms in total. The van der Waals surface area contributed by atoms with Gasteiger partial charge in [0.2, 0.25) is 5.91 Å². The minimum atomic E-state index is -0.0725. The summed E-state index contributed by atoms with van der Waals surface area (Å²) in [5, 5.41) is 0. The largest absolute Gasteiger partial charge is 0.330 e. The van der Waals surface area contributed by atoms with Crippen LogP contribution >= 0.6 is 0 Å². The Morgan fingerprint density at radius 3 is 2.31 bits per heavy atom. The first-order chi connectivity index (χ1) is 7.45. The van der Waals surface area contributed by atoms with Gasteiger partial charge in [0.1, 0.15) is 0 Å². The second kappa shape index (κ2) is 8.53. The number of hydrogen-bond acceptors (Lipinski definition) is 3. The van der Waals surface area contributed by atoms with Crippen LogP contribution in [0.3, 0.4) is 0 Å². The highest BCUT2D eigenvalue weighted by Gasteiger charge is 2.14. The van der Waals surface area contributed by atoms with Gasteiger partial charge in [0.05, 0.1) is 6.61 Å². The van der Waals surface area contributed by atoms with Crippen molar-refractivity contribution in [1.82, 2.24) is 5.48 Å². The topological polar surface area (TPSA) is 64.3 Å². The molecule has 0 aliphatic rings. The van der Waals surface area contributed by atoms with Gasteiger partial charge < -0.3 is 5.73 Å². The Balaban J connectivity index is 3.74. The van der Waals surface area contributed by atoms with Crippen LogP contribution in [-0.4, -0.2) is 19.1 Å². The van der Waals surface area contributed by atoms with Crippen LogP contribution in [0.5, 0.6) is 0 Å². The number of carbonyl (C=O) groups excluding carboxylic acids is 1. The molecule has 0 aromatic heterocycles. The molecule has 96 valence electrons. The average Bonchev–Trinajstić information content (AvgIpc) is 2.15. The second-order valence-corrected chi connectivity index (χ2v) is 5.17. The maximum Gasteiger partial charge on any atom is 0.243 e. The molecule has 1 amide bonds. The second-order valence-electron chi connectivity index (χ2n) is 5.17. The Bertz CT molecular complexity index is 193. The van der Waals surface area contributed by atoms with E-state index in [4.69, 9.17) is 10.6 Å². The fourth-order valence-electron chi connectivity index (χ4n) is 1.52. The van der Waals surface area contributed by atoms with Crippen LogP contribution in [0.1, 0.15) is 40.5 Å². The molecule has 0 fully saturated rings. The maximum absolute atomic E-state index is 11.5. The molecule has 0 heterocycles. The molecule has 4 heteroatoms. The van der Waals surface area contributed by atoms with Crippen molar-refractivity contribution in [2.24, 2.45) is 23.5 Å². The fraction of sp³-hybridized carbons (Fsp3) is 0.917. The van der Waals surface area contributed by atoms with Crippen molar-refractivity contribution >= 4 is 5.91 Å². The zero-order valence-electron chi connectivity index (χ0n) is 11.0. The molecule has 16 heavy (non-hydrogen) atoms. The van der Waals surface area contributed by atoms with Crippen LogP contribution < -0.4 is 11.2 Å². The van der Waals surface area contributed by atoms with E-state index in [1.54, 1.807) is 0 Å². The van der Waals surface area contributed by atoms with E-state index in [2.05, 4.69) is 19.3 Å². The molecular formula is C12H26N2O2. The average molecular weight is 230 g/mol. The lowest BCUT2D eigenvalue weighted by Gasteiger charge is -2.16. The first-order valence-corrected chi connectivity index (χ1v) is 6.06. The zero-order chi connectivity index (χ0) is 12.6. The van der Waals surface area contributed by atoms with Gasteiger partial charge in [-0.25, -0.2) is 5.48 Å². The lowest BCUT2D eigenvalue weighted by Crippen LogP contribution is -2.30. The van der Waals surface area contributed by atoms with Gasteiger partial charge >= 0.3 is 0 Å². The number of nitrogens with one attached hydrogen (secondary N) is 1. The van der Waals surface area contributed by atoms with Gasteiger partial charge in [0.15, 0.2) is 0 Å². The SMILES string of the molecule is CC(C)CONC(=O)CC(CN)CC(C)C. The lowest BCUT2D eigenvalue weighted by atomic mass is 9.94. The Hall–Kier alpha value is -0.610. The normalized spacial score (nSPS) is 13.2. The predicted octanol–water partition coefficient (Wildman–Crippen LogP) is 1.70. The molecule has 0 aliphatic heterocycles. The summed E-state index contributed by atoms with van der Waals surface area (Å²) in [4.78, 5) is 16.6. The molecule has 0 aromatic carbocycles. The third-order valence-electron chi connectivity index (χ3n) is 2.21. The van der Waals surface area contributed by atoms with Gasteiger partial charge in [-0.1, -0.05) is 27.7 Å². The van der Waals surface area contributed by atoms with Crippen molar-refractivity contribution in [2.45, 2.75) is 40.5 Å². The number of rotatable bonds is 8. The molecule has 0 saturated heterocycles. The van der Waals surface area contributed by atoms with E-state index in [0.29, 0.717) is 31.4 Å². The summed E-state index contributed by atoms with van der Waals surface area (Å²) in [6, 6.07) is 0. The Morgan fingerprint density at radius 2 is 1.88 bits per heavy atom. The summed E-state index contributed by atoms with van der Waals surface area (Å²) >= 11 is 0. The van der Waals surface area contributed by atoms with Crippen LogP contribution in [0.25, 0.3) is 0 Å². The van der Waals surface area contributed by atoms with Crippen LogP contribution in [0.2, 0.25) is 0 Å². The van der Waals surface area contributed by atoms with E-state index in [-0.39, 0.29) is 11.8 Å².